The molecule has 0 fully saturated rings. The number of aromatic nitrogens is 3. The monoisotopic (exact) mass is 323 g/mol. The van der Waals surface area contributed by atoms with Crippen LogP contribution in [0, 0.1) is 6.92 Å². The quantitative estimate of drug-likeness (QED) is 0.573. The molecule has 0 atom stereocenters. The van der Waals surface area contributed by atoms with Crippen LogP contribution in [0.3, 0.4) is 0 Å². The minimum Gasteiger partial charge on any atom is -0.337 e. The third kappa shape index (κ3) is 2.50. The van der Waals surface area contributed by atoms with Gasteiger partial charge in [-0.1, -0.05) is 6.07 Å². The number of nitrogens with one attached hydrogen (secondary N) is 1. The summed E-state index contributed by atoms with van der Waals surface area (Å²) in [6.07, 6.45) is 1.71. The number of rotatable bonds is 3. The SMILES string of the molecule is Cc1c(N=C=S)cc2[nH]c(-c3ccccn3)nc2c1N=C=S. The summed E-state index contributed by atoms with van der Waals surface area (Å²) in [5.74, 6) is 0.652. The predicted molar refractivity (Wildman–Crippen MR) is 93.4 cm³/mol. The third-order valence-electron chi connectivity index (χ3n) is 3.21. The van der Waals surface area contributed by atoms with Crippen LogP contribution in [0.4, 0.5) is 11.4 Å². The summed E-state index contributed by atoms with van der Waals surface area (Å²) in [6, 6.07) is 7.48. The Kier molecular flexibility index (Phi) is 3.96. The Hall–Kier alpha value is -2.56. The first-order valence-electron chi connectivity index (χ1n) is 6.35. The van der Waals surface area contributed by atoms with Crippen molar-refractivity contribution in [1.82, 2.24) is 15.0 Å². The fourth-order valence-corrected chi connectivity index (χ4v) is 2.38. The molecule has 0 spiro atoms. The molecule has 0 unspecified atom stereocenters. The highest BCUT2D eigenvalue weighted by Crippen LogP contribution is 2.36. The summed E-state index contributed by atoms with van der Waals surface area (Å²) in [7, 11) is 0. The average Bonchev–Trinajstić information content (AvgIpc) is 2.96. The highest BCUT2D eigenvalue weighted by atomic mass is 32.1. The maximum atomic E-state index is 4.73. The molecule has 0 radical (unpaired) electrons. The second-order valence-corrected chi connectivity index (χ2v) is 4.84. The van der Waals surface area contributed by atoms with E-state index in [0.717, 1.165) is 16.8 Å². The highest BCUT2D eigenvalue weighted by Gasteiger charge is 2.14. The van der Waals surface area contributed by atoms with E-state index in [9.17, 15) is 0 Å². The first-order chi connectivity index (χ1) is 10.7. The molecular weight excluding hydrogens is 314 g/mol. The lowest BCUT2D eigenvalue weighted by Gasteiger charge is -2.02. The van der Waals surface area contributed by atoms with E-state index >= 15 is 0 Å². The van der Waals surface area contributed by atoms with Gasteiger partial charge in [-0.25, -0.2) is 4.98 Å². The van der Waals surface area contributed by atoms with Gasteiger partial charge in [0.2, 0.25) is 0 Å². The van der Waals surface area contributed by atoms with E-state index in [-0.39, 0.29) is 0 Å². The van der Waals surface area contributed by atoms with Crippen molar-refractivity contribution in [1.29, 1.82) is 0 Å². The molecule has 3 aromatic rings. The van der Waals surface area contributed by atoms with Crippen LogP contribution < -0.4 is 0 Å². The molecule has 2 heterocycles. The molecule has 1 aromatic carbocycles. The first-order valence-corrected chi connectivity index (χ1v) is 7.16. The maximum Gasteiger partial charge on any atom is 0.157 e. The zero-order valence-electron chi connectivity index (χ0n) is 11.5. The van der Waals surface area contributed by atoms with Crippen molar-refractivity contribution >= 4 is 57.2 Å². The summed E-state index contributed by atoms with van der Waals surface area (Å²) in [5.41, 5.74) is 4.32. The lowest BCUT2D eigenvalue weighted by molar-refractivity contribution is 1.24. The van der Waals surface area contributed by atoms with Crippen molar-refractivity contribution in [2.75, 3.05) is 0 Å². The average molecular weight is 323 g/mol. The van der Waals surface area contributed by atoms with E-state index < -0.39 is 0 Å². The molecular formula is C15H9N5S2. The fraction of sp³-hybridized carbons (Fsp3) is 0.0667. The van der Waals surface area contributed by atoms with E-state index in [0.29, 0.717) is 22.7 Å². The Balaban J connectivity index is 2.33. The molecule has 106 valence electrons. The Morgan fingerprint density at radius 2 is 2.00 bits per heavy atom. The number of nitrogens with zero attached hydrogens (tertiary/aromatic N) is 4. The van der Waals surface area contributed by atoms with Crippen molar-refractivity contribution in [2.45, 2.75) is 6.92 Å². The number of hydrogen-bond donors (Lipinski definition) is 1. The van der Waals surface area contributed by atoms with Crippen LogP contribution in [0.15, 0.2) is 40.4 Å². The van der Waals surface area contributed by atoms with Crippen LogP contribution >= 0.6 is 24.4 Å². The zero-order chi connectivity index (χ0) is 15.5. The molecule has 0 aliphatic heterocycles. The van der Waals surface area contributed by atoms with Gasteiger partial charge in [0.05, 0.1) is 21.5 Å². The van der Waals surface area contributed by atoms with Crippen LogP contribution in [0.25, 0.3) is 22.6 Å². The van der Waals surface area contributed by atoms with Gasteiger partial charge in [-0.15, -0.1) is 0 Å². The molecule has 1 N–H and O–H groups in total. The number of fused-ring (bicyclic) bond motifs is 1. The molecule has 0 bridgehead atoms. The minimum atomic E-state index is 0.620. The smallest absolute Gasteiger partial charge is 0.157 e. The molecule has 0 amide bonds. The zero-order valence-corrected chi connectivity index (χ0v) is 13.1. The third-order valence-corrected chi connectivity index (χ3v) is 3.39. The Morgan fingerprint density at radius 1 is 1.18 bits per heavy atom. The number of pyridine rings is 1. The summed E-state index contributed by atoms with van der Waals surface area (Å²) >= 11 is 9.42. The van der Waals surface area contributed by atoms with Gasteiger partial charge < -0.3 is 4.98 Å². The normalized spacial score (nSPS) is 10.0. The number of isothiocyanates is 2. The van der Waals surface area contributed by atoms with Crippen molar-refractivity contribution in [3.63, 3.8) is 0 Å². The Morgan fingerprint density at radius 3 is 2.68 bits per heavy atom. The number of benzene rings is 1. The minimum absolute atomic E-state index is 0.620. The number of aromatic amines is 1. The number of aliphatic imine (C=N–C) groups is 2. The van der Waals surface area contributed by atoms with Gasteiger partial charge in [0.15, 0.2) is 5.82 Å². The van der Waals surface area contributed by atoms with E-state index in [1.54, 1.807) is 6.20 Å². The summed E-state index contributed by atoms with van der Waals surface area (Å²) < 4.78 is 0. The van der Waals surface area contributed by atoms with E-state index in [4.69, 9.17) is 12.2 Å². The van der Waals surface area contributed by atoms with E-state index in [1.165, 1.54) is 0 Å². The second kappa shape index (κ2) is 6.05. The van der Waals surface area contributed by atoms with Crippen LogP contribution in [-0.4, -0.2) is 25.3 Å². The summed E-state index contributed by atoms with van der Waals surface area (Å²) in [4.78, 5) is 20.3. The van der Waals surface area contributed by atoms with Crippen LogP contribution in [0.1, 0.15) is 5.56 Å². The number of imidazole rings is 1. The first kappa shape index (κ1) is 14.4. The van der Waals surface area contributed by atoms with Gasteiger partial charge in [0.1, 0.15) is 16.9 Å². The van der Waals surface area contributed by atoms with Gasteiger partial charge in [-0.3, -0.25) is 4.98 Å². The van der Waals surface area contributed by atoms with Crippen molar-refractivity contribution in [3.05, 3.63) is 36.0 Å². The predicted octanol–water partition coefficient (Wildman–Crippen LogP) is 4.40. The molecule has 0 saturated heterocycles. The van der Waals surface area contributed by atoms with Gasteiger partial charge >= 0.3 is 0 Å². The molecule has 0 aliphatic carbocycles. The number of hydrogen-bond acceptors (Lipinski definition) is 6. The van der Waals surface area contributed by atoms with Gasteiger partial charge in [-0.05, 0) is 49.6 Å². The molecule has 3 rings (SSSR count). The lowest BCUT2D eigenvalue weighted by atomic mass is 10.1. The molecule has 5 nitrogen and oxygen atoms in total. The van der Waals surface area contributed by atoms with E-state index in [1.807, 2.05) is 31.2 Å². The fourth-order valence-electron chi connectivity index (χ4n) is 2.19. The molecule has 0 aliphatic rings. The molecule has 2 aromatic heterocycles. The largest absolute Gasteiger partial charge is 0.337 e. The Bertz CT molecular complexity index is 949. The van der Waals surface area contributed by atoms with Gasteiger partial charge in [0.25, 0.3) is 0 Å². The van der Waals surface area contributed by atoms with Crippen molar-refractivity contribution < 1.29 is 0 Å². The standard InChI is InChI=1S/C15H9N5S2/c1-9-11(17-7-21)6-12-14(13(9)18-8-22)20-15(19-12)10-4-2-3-5-16-10/h2-6H,1H3,(H,19,20). The number of thiocarbonyl (C=S) groups is 2. The van der Waals surface area contributed by atoms with Gasteiger partial charge in [-0.2, -0.15) is 9.98 Å². The summed E-state index contributed by atoms with van der Waals surface area (Å²) in [6.45, 7) is 1.88. The molecule has 0 saturated carbocycles. The summed E-state index contributed by atoms with van der Waals surface area (Å²) in [5, 5.41) is 4.76. The van der Waals surface area contributed by atoms with Crippen LogP contribution in [0.5, 0.6) is 0 Å². The van der Waals surface area contributed by atoms with Crippen molar-refractivity contribution in [3.8, 4) is 11.5 Å². The topological polar surface area (TPSA) is 66.3 Å². The van der Waals surface area contributed by atoms with Gasteiger partial charge in [0, 0.05) is 11.8 Å². The van der Waals surface area contributed by atoms with Crippen molar-refractivity contribution in [2.24, 2.45) is 9.98 Å². The van der Waals surface area contributed by atoms with Crippen LogP contribution in [-0.2, 0) is 0 Å². The molecule has 22 heavy (non-hydrogen) atoms. The molecule has 7 heteroatoms. The Labute approximate surface area is 136 Å². The maximum absolute atomic E-state index is 4.73. The highest BCUT2D eigenvalue weighted by molar-refractivity contribution is 7.78. The van der Waals surface area contributed by atoms with Crippen LogP contribution in [0.2, 0.25) is 0 Å². The lowest BCUT2D eigenvalue weighted by Crippen LogP contribution is -1.83. The number of H-pyrrole nitrogens is 1. The van der Waals surface area contributed by atoms with E-state index in [2.05, 4.69) is 47.5 Å². The second-order valence-electron chi connectivity index (χ2n) is 4.47.